The van der Waals surface area contributed by atoms with Crippen LogP contribution in [0.3, 0.4) is 0 Å². The highest BCUT2D eigenvalue weighted by Gasteiger charge is 2.25. The van der Waals surface area contributed by atoms with Gasteiger partial charge in [0.25, 0.3) is 5.91 Å². The second-order valence-corrected chi connectivity index (χ2v) is 5.57. The van der Waals surface area contributed by atoms with Crippen molar-refractivity contribution in [1.82, 2.24) is 15.1 Å². The van der Waals surface area contributed by atoms with Crippen molar-refractivity contribution in [2.75, 3.05) is 6.54 Å². The van der Waals surface area contributed by atoms with Gasteiger partial charge in [-0.25, -0.2) is 9.07 Å². The van der Waals surface area contributed by atoms with Crippen LogP contribution in [0.1, 0.15) is 29.8 Å². The van der Waals surface area contributed by atoms with Gasteiger partial charge in [-0.2, -0.15) is 5.10 Å². The van der Waals surface area contributed by atoms with Gasteiger partial charge in [0.1, 0.15) is 11.5 Å². The first-order valence-electron chi connectivity index (χ1n) is 7.42. The summed E-state index contributed by atoms with van der Waals surface area (Å²) in [5.41, 5.74) is 0.531. The molecule has 0 saturated heterocycles. The second-order valence-electron chi connectivity index (χ2n) is 5.57. The van der Waals surface area contributed by atoms with Gasteiger partial charge in [-0.05, 0) is 31.0 Å². The average Bonchev–Trinajstić information content (AvgIpc) is 3.14. The van der Waals surface area contributed by atoms with E-state index in [1.54, 1.807) is 30.5 Å². The Bertz CT molecular complexity index is 671. The summed E-state index contributed by atoms with van der Waals surface area (Å²) in [4.78, 5) is 12.1. The van der Waals surface area contributed by atoms with Crippen molar-refractivity contribution in [3.05, 3.63) is 48.0 Å². The molecule has 0 radical (unpaired) electrons. The number of hydrogen-bond donors (Lipinski definition) is 2. The SMILES string of the molecule is O=C(NCC1CCCC1O)c1ccn(-c2ccccc2F)n1. The average molecular weight is 303 g/mol. The zero-order valence-corrected chi connectivity index (χ0v) is 12.1. The highest BCUT2D eigenvalue weighted by molar-refractivity contribution is 5.92. The Morgan fingerprint density at radius 3 is 2.91 bits per heavy atom. The normalized spacial score (nSPS) is 21.0. The zero-order valence-electron chi connectivity index (χ0n) is 12.1. The summed E-state index contributed by atoms with van der Waals surface area (Å²) < 4.78 is 15.0. The Labute approximate surface area is 127 Å². The number of halogens is 1. The van der Waals surface area contributed by atoms with Crippen molar-refractivity contribution in [2.45, 2.75) is 25.4 Å². The third kappa shape index (κ3) is 3.01. The second kappa shape index (κ2) is 6.27. The van der Waals surface area contributed by atoms with Gasteiger partial charge in [0.2, 0.25) is 0 Å². The van der Waals surface area contributed by atoms with E-state index >= 15 is 0 Å². The summed E-state index contributed by atoms with van der Waals surface area (Å²) in [6.45, 7) is 0.437. The molecule has 2 unspecified atom stereocenters. The lowest BCUT2D eigenvalue weighted by Crippen LogP contribution is -2.32. The number of nitrogens with one attached hydrogen (secondary N) is 1. The topological polar surface area (TPSA) is 67.2 Å². The lowest BCUT2D eigenvalue weighted by molar-refractivity contribution is 0.0911. The lowest BCUT2D eigenvalue weighted by Gasteiger charge is -2.14. The van der Waals surface area contributed by atoms with Gasteiger partial charge >= 0.3 is 0 Å². The molecule has 2 atom stereocenters. The van der Waals surface area contributed by atoms with E-state index < -0.39 is 5.82 Å². The third-order valence-electron chi connectivity index (χ3n) is 4.06. The van der Waals surface area contributed by atoms with Crippen LogP contribution in [0, 0.1) is 11.7 Å². The maximum atomic E-state index is 13.7. The van der Waals surface area contributed by atoms with Crippen molar-refractivity contribution in [3.63, 3.8) is 0 Å². The number of para-hydroxylation sites is 1. The minimum absolute atomic E-state index is 0.109. The molecule has 0 spiro atoms. The molecule has 1 aromatic carbocycles. The number of carbonyl (C=O) groups is 1. The van der Waals surface area contributed by atoms with Gasteiger partial charge in [0.05, 0.1) is 6.10 Å². The molecule has 22 heavy (non-hydrogen) atoms. The van der Waals surface area contributed by atoms with E-state index in [4.69, 9.17) is 0 Å². The quantitative estimate of drug-likeness (QED) is 0.906. The number of amides is 1. The van der Waals surface area contributed by atoms with Gasteiger partial charge < -0.3 is 10.4 Å². The molecule has 6 heteroatoms. The van der Waals surface area contributed by atoms with Gasteiger partial charge in [-0.1, -0.05) is 18.6 Å². The van der Waals surface area contributed by atoms with Crippen LogP contribution >= 0.6 is 0 Å². The van der Waals surface area contributed by atoms with Crippen LogP contribution < -0.4 is 5.32 Å². The number of aliphatic hydroxyl groups is 1. The first-order chi connectivity index (χ1) is 10.6. The largest absolute Gasteiger partial charge is 0.393 e. The number of nitrogens with zero attached hydrogens (tertiary/aromatic N) is 2. The first kappa shape index (κ1) is 14.7. The summed E-state index contributed by atoms with van der Waals surface area (Å²) in [5, 5.41) is 16.6. The van der Waals surface area contributed by atoms with Crippen LogP contribution in [-0.2, 0) is 0 Å². The molecule has 5 nitrogen and oxygen atoms in total. The number of rotatable bonds is 4. The standard InChI is InChI=1S/C16H18FN3O2/c17-12-5-1-2-6-14(12)20-9-8-13(19-20)16(22)18-10-11-4-3-7-15(11)21/h1-2,5-6,8-9,11,15,21H,3-4,7,10H2,(H,18,22). The molecule has 116 valence electrons. The molecular formula is C16H18FN3O2. The molecular weight excluding hydrogens is 285 g/mol. The summed E-state index contributed by atoms with van der Waals surface area (Å²) in [7, 11) is 0. The predicted molar refractivity (Wildman–Crippen MR) is 79.2 cm³/mol. The fourth-order valence-corrected chi connectivity index (χ4v) is 2.79. The van der Waals surface area contributed by atoms with Crippen molar-refractivity contribution >= 4 is 5.91 Å². The highest BCUT2D eigenvalue weighted by Crippen LogP contribution is 2.24. The summed E-state index contributed by atoms with van der Waals surface area (Å²) in [5.74, 6) is -0.599. The van der Waals surface area contributed by atoms with Crippen LogP contribution in [0.25, 0.3) is 5.69 Å². The van der Waals surface area contributed by atoms with E-state index in [0.29, 0.717) is 12.2 Å². The van der Waals surface area contributed by atoms with E-state index in [1.165, 1.54) is 10.7 Å². The van der Waals surface area contributed by atoms with E-state index in [2.05, 4.69) is 10.4 Å². The van der Waals surface area contributed by atoms with Crippen LogP contribution in [0.5, 0.6) is 0 Å². The Morgan fingerprint density at radius 1 is 1.36 bits per heavy atom. The predicted octanol–water partition coefficient (Wildman–Crippen LogP) is 1.90. The van der Waals surface area contributed by atoms with Crippen molar-refractivity contribution in [2.24, 2.45) is 5.92 Å². The molecule has 1 heterocycles. The molecule has 1 aliphatic rings. The van der Waals surface area contributed by atoms with E-state index in [0.717, 1.165) is 19.3 Å². The Balaban J connectivity index is 1.66. The minimum Gasteiger partial charge on any atom is -0.393 e. The minimum atomic E-state index is -0.397. The number of hydrogen-bond acceptors (Lipinski definition) is 3. The molecule has 1 fully saturated rings. The summed E-state index contributed by atoms with van der Waals surface area (Å²) >= 11 is 0. The Morgan fingerprint density at radius 2 is 2.18 bits per heavy atom. The fraction of sp³-hybridized carbons (Fsp3) is 0.375. The molecule has 1 saturated carbocycles. The number of benzene rings is 1. The molecule has 1 aromatic heterocycles. The maximum absolute atomic E-state index is 13.7. The molecule has 3 rings (SSSR count). The third-order valence-corrected chi connectivity index (χ3v) is 4.06. The van der Waals surface area contributed by atoms with Crippen LogP contribution in [-0.4, -0.2) is 33.4 Å². The van der Waals surface area contributed by atoms with Gasteiger partial charge in [0.15, 0.2) is 5.69 Å². The first-order valence-corrected chi connectivity index (χ1v) is 7.42. The van der Waals surface area contributed by atoms with E-state index in [9.17, 15) is 14.3 Å². The zero-order chi connectivity index (χ0) is 15.5. The van der Waals surface area contributed by atoms with Gasteiger partial charge in [-0.15, -0.1) is 0 Å². The highest BCUT2D eigenvalue weighted by atomic mass is 19.1. The number of aromatic nitrogens is 2. The molecule has 1 amide bonds. The number of carbonyl (C=O) groups excluding carboxylic acids is 1. The van der Waals surface area contributed by atoms with Crippen LogP contribution in [0.15, 0.2) is 36.5 Å². The molecule has 1 aliphatic carbocycles. The smallest absolute Gasteiger partial charge is 0.271 e. The Kier molecular flexibility index (Phi) is 4.20. The monoisotopic (exact) mass is 303 g/mol. The summed E-state index contributed by atoms with van der Waals surface area (Å²) in [6.07, 6.45) is 3.92. The van der Waals surface area contributed by atoms with Crippen molar-refractivity contribution in [3.8, 4) is 5.69 Å². The molecule has 2 aromatic rings. The Hall–Kier alpha value is -2.21. The molecule has 0 bridgehead atoms. The maximum Gasteiger partial charge on any atom is 0.271 e. The van der Waals surface area contributed by atoms with Gasteiger partial charge in [-0.3, -0.25) is 4.79 Å². The van der Waals surface area contributed by atoms with Gasteiger partial charge in [0, 0.05) is 18.7 Å². The summed E-state index contributed by atoms with van der Waals surface area (Å²) in [6, 6.07) is 7.80. The number of aliphatic hydroxyl groups excluding tert-OH is 1. The van der Waals surface area contributed by atoms with Crippen molar-refractivity contribution in [1.29, 1.82) is 0 Å². The van der Waals surface area contributed by atoms with Crippen molar-refractivity contribution < 1.29 is 14.3 Å². The van der Waals surface area contributed by atoms with E-state index in [1.807, 2.05) is 0 Å². The molecule has 0 aliphatic heterocycles. The van der Waals surface area contributed by atoms with Crippen LogP contribution in [0.2, 0.25) is 0 Å². The fourth-order valence-electron chi connectivity index (χ4n) is 2.79. The lowest BCUT2D eigenvalue weighted by atomic mass is 10.1. The van der Waals surface area contributed by atoms with Crippen LogP contribution in [0.4, 0.5) is 4.39 Å². The van der Waals surface area contributed by atoms with E-state index in [-0.39, 0.29) is 23.6 Å². The molecule has 2 N–H and O–H groups in total.